The summed E-state index contributed by atoms with van der Waals surface area (Å²) in [6.07, 6.45) is 5.76. The molecule has 0 bridgehead atoms. The average molecular weight is 197 g/mol. The molecular weight excluding hydrogens is 170 g/mol. The molecule has 0 spiro atoms. The van der Waals surface area contributed by atoms with Crippen LogP contribution in [-0.4, -0.2) is 12.1 Å². The van der Waals surface area contributed by atoms with E-state index in [0.717, 1.165) is 5.92 Å². The zero-order valence-corrected chi connectivity index (χ0v) is 10.6. The molecule has 0 heterocycles. The van der Waals surface area contributed by atoms with Gasteiger partial charge in [-0.3, -0.25) is 0 Å². The quantitative estimate of drug-likeness (QED) is 0.729. The first-order valence-electron chi connectivity index (χ1n) is 6.17. The Hall–Kier alpha value is -0.0400. The molecule has 1 aliphatic carbocycles. The highest BCUT2D eigenvalue weighted by atomic mass is 15.0. The van der Waals surface area contributed by atoms with E-state index in [0.29, 0.717) is 17.5 Å². The Bertz CT molecular complexity index is 163. The van der Waals surface area contributed by atoms with E-state index in [-0.39, 0.29) is 0 Å². The van der Waals surface area contributed by atoms with Crippen LogP contribution in [0.4, 0.5) is 0 Å². The van der Waals surface area contributed by atoms with Crippen LogP contribution < -0.4 is 5.32 Å². The van der Waals surface area contributed by atoms with Gasteiger partial charge in [-0.1, -0.05) is 33.6 Å². The van der Waals surface area contributed by atoms with Crippen LogP contribution in [0, 0.1) is 11.3 Å². The first kappa shape index (κ1) is 12.0. The lowest BCUT2D eigenvalue weighted by Gasteiger charge is -2.33. The van der Waals surface area contributed by atoms with Gasteiger partial charge in [0.2, 0.25) is 0 Å². The van der Waals surface area contributed by atoms with E-state index in [1.165, 1.54) is 25.7 Å². The second kappa shape index (κ2) is 4.65. The van der Waals surface area contributed by atoms with Crippen LogP contribution in [-0.2, 0) is 0 Å². The second-order valence-electron chi connectivity index (χ2n) is 6.09. The highest BCUT2D eigenvalue weighted by Crippen LogP contribution is 2.29. The summed E-state index contributed by atoms with van der Waals surface area (Å²) in [5.74, 6) is 0.930. The van der Waals surface area contributed by atoms with Crippen molar-refractivity contribution in [3.8, 4) is 0 Å². The molecule has 1 fully saturated rings. The molecule has 1 saturated carbocycles. The summed E-state index contributed by atoms with van der Waals surface area (Å²) in [6, 6.07) is 1.31. The maximum Gasteiger partial charge on any atom is 0.00898 e. The molecule has 0 aromatic rings. The van der Waals surface area contributed by atoms with Crippen molar-refractivity contribution < 1.29 is 0 Å². The Balaban J connectivity index is 2.35. The van der Waals surface area contributed by atoms with E-state index in [1.807, 2.05) is 0 Å². The molecule has 0 aromatic heterocycles. The molecule has 84 valence electrons. The van der Waals surface area contributed by atoms with Crippen molar-refractivity contribution in [3.63, 3.8) is 0 Å². The SMILES string of the molecule is CC(NC(C)C(C)(C)C)C1CCCC1. The van der Waals surface area contributed by atoms with Gasteiger partial charge in [0.1, 0.15) is 0 Å². The van der Waals surface area contributed by atoms with Gasteiger partial charge < -0.3 is 5.32 Å². The highest BCUT2D eigenvalue weighted by molar-refractivity contribution is 4.83. The van der Waals surface area contributed by atoms with Gasteiger partial charge in [0.05, 0.1) is 0 Å². The van der Waals surface area contributed by atoms with Crippen molar-refractivity contribution in [2.75, 3.05) is 0 Å². The standard InChI is InChI=1S/C13H27N/c1-10(12-8-6-7-9-12)14-11(2)13(3,4)5/h10-12,14H,6-9H2,1-5H3. The summed E-state index contributed by atoms with van der Waals surface area (Å²) in [4.78, 5) is 0. The van der Waals surface area contributed by atoms with Crippen molar-refractivity contribution >= 4 is 0 Å². The van der Waals surface area contributed by atoms with Gasteiger partial charge in [0, 0.05) is 12.1 Å². The van der Waals surface area contributed by atoms with Crippen LogP contribution in [0.3, 0.4) is 0 Å². The lowest BCUT2D eigenvalue weighted by Crippen LogP contribution is -2.45. The normalized spacial score (nSPS) is 23.8. The molecule has 1 aliphatic rings. The van der Waals surface area contributed by atoms with E-state index < -0.39 is 0 Å². The molecule has 0 radical (unpaired) electrons. The Morgan fingerprint density at radius 2 is 1.57 bits per heavy atom. The Labute approximate surface area is 89.7 Å². The molecule has 1 heteroatoms. The van der Waals surface area contributed by atoms with E-state index in [1.54, 1.807) is 0 Å². The Morgan fingerprint density at radius 3 is 2.00 bits per heavy atom. The first-order chi connectivity index (χ1) is 6.41. The van der Waals surface area contributed by atoms with Gasteiger partial charge in [-0.15, -0.1) is 0 Å². The van der Waals surface area contributed by atoms with Gasteiger partial charge in [-0.05, 0) is 38.0 Å². The first-order valence-corrected chi connectivity index (χ1v) is 6.17. The highest BCUT2D eigenvalue weighted by Gasteiger charge is 2.26. The van der Waals surface area contributed by atoms with E-state index in [2.05, 4.69) is 39.9 Å². The maximum absolute atomic E-state index is 3.76. The van der Waals surface area contributed by atoms with Crippen LogP contribution in [0.1, 0.15) is 60.3 Å². The Morgan fingerprint density at radius 1 is 1.07 bits per heavy atom. The van der Waals surface area contributed by atoms with E-state index >= 15 is 0 Å². The molecule has 1 rings (SSSR count). The summed E-state index contributed by atoms with van der Waals surface area (Å²) in [7, 11) is 0. The molecule has 0 amide bonds. The smallest absolute Gasteiger partial charge is 0.00898 e. The summed E-state index contributed by atoms with van der Waals surface area (Å²) in [5.41, 5.74) is 0.382. The van der Waals surface area contributed by atoms with Crippen LogP contribution in [0.25, 0.3) is 0 Å². The maximum atomic E-state index is 3.76. The summed E-state index contributed by atoms with van der Waals surface area (Å²) >= 11 is 0. The molecule has 14 heavy (non-hydrogen) atoms. The fraction of sp³-hybridized carbons (Fsp3) is 1.00. The van der Waals surface area contributed by atoms with Crippen LogP contribution in [0.5, 0.6) is 0 Å². The molecule has 2 unspecified atom stereocenters. The zero-order chi connectivity index (χ0) is 10.8. The summed E-state index contributed by atoms with van der Waals surface area (Å²) < 4.78 is 0. The van der Waals surface area contributed by atoms with Crippen molar-refractivity contribution in [2.45, 2.75) is 72.4 Å². The molecule has 1 nitrogen and oxygen atoms in total. The minimum atomic E-state index is 0.382. The molecule has 1 N–H and O–H groups in total. The second-order valence-corrected chi connectivity index (χ2v) is 6.09. The van der Waals surface area contributed by atoms with Gasteiger partial charge in [-0.25, -0.2) is 0 Å². The third-order valence-corrected chi connectivity index (χ3v) is 3.92. The monoisotopic (exact) mass is 197 g/mol. The van der Waals surface area contributed by atoms with Crippen LogP contribution in [0.15, 0.2) is 0 Å². The number of hydrogen-bond donors (Lipinski definition) is 1. The van der Waals surface area contributed by atoms with Crippen molar-refractivity contribution in [2.24, 2.45) is 11.3 Å². The van der Waals surface area contributed by atoms with Crippen LogP contribution in [0.2, 0.25) is 0 Å². The lowest BCUT2D eigenvalue weighted by atomic mass is 9.86. The fourth-order valence-corrected chi connectivity index (χ4v) is 2.24. The molecule has 0 saturated heterocycles. The molecular formula is C13H27N. The fourth-order valence-electron chi connectivity index (χ4n) is 2.24. The number of nitrogens with one attached hydrogen (secondary N) is 1. The van der Waals surface area contributed by atoms with Gasteiger partial charge in [0.15, 0.2) is 0 Å². The van der Waals surface area contributed by atoms with Crippen molar-refractivity contribution in [1.29, 1.82) is 0 Å². The average Bonchev–Trinajstić information content (AvgIpc) is 2.53. The van der Waals surface area contributed by atoms with E-state index in [9.17, 15) is 0 Å². The van der Waals surface area contributed by atoms with Crippen molar-refractivity contribution in [1.82, 2.24) is 5.32 Å². The third-order valence-electron chi connectivity index (χ3n) is 3.92. The Kier molecular flexibility index (Phi) is 4.00. The van der Waals surface area contributed by atoms with Crippen molar-refractivity contribution in [3.05, 3.63) is 0 Å². The molecule has 0 aromatic carbocycles. The van der Waals surface area contributed by atoms with Crippen LogP contribution >= 0.6 is 0 Å². The minimum absolute atomic E-state index is 0.382. The summed E-state index contributed by atoms with van der Waals surface area (Å²) in [5, 5.41) is 3.76. The van der Waals surface area contributed by atoms with Gasteiger partial charge >= 0.3 is 0 Å². The zero-order valence-electron chi connectivity index (χ0n) is 10.6. The largest absolute Gasteiger partial charge is 0.311 e. The van der Waals surface area contributed by atoms with Gasteiger partial charge in [0.25, 0.3) is 0 Å². The summed E-state index contributed by atoms with van der Waals surface area (Å²) in [6.45, 7) is 11.6. The van der Waals surface area contributed by atoms with Gasteiger partial charge in [-0.2, -0.15) is 0 Å². The lowest BCUT2D eigenvalue weighted by molar-refractivity contribution is 0.238. The molecule has 2 atom stereocenters. The predicted molar refractivity (Wildman–Crippen MR) is 63.5 cm³/mol. The number of hydrogen-bond acceptors (Lipinski definition) is 1. The third kappa shape index (κ3) is 3.27. The topological polar surface area (TPSA) is 12.0 Å². The minimum Gasteiger partial charge on any atom is -0.311 e. The predicted octanol–water partition coefficient (Wildman–Crippen LogP) is 3.59. The number of rotatable bonds is 3. The molecule has 0 aliphatic heterocycles. The van der Waals surface area contributed by atoms with E-state index in [4.69, 9.17) is 0 Å².